The number of halogens is 2. The molecule has 1 aromatic carbocycles. The summed E-state index contributed by atoms with van der Waals surface area (Å²) in [5.41, 5.74) is 1.54. The van der Waals surface area contributed by atoms with Gasteiger partial charge in [-0.3, -0.25) is 4.79 Å². The van der Waals surface area contributed by atoms with Crippen LogP contribution in [0, 0.1) is 0 Å². The molecule has 0 atom stereocenters. The van der Waals surface area contributed by atoms with Gasteiger partial charge in [0.2, 0.25) is 15.9 Å². The van der Waals surface area contributed by atoms with Crippen LogP contribution in [-0.2, 0) is 21.2 Å². The summed E-state index contributed by atoms with van der Waals surface area (Å²) in [4.78, 5) is 11.7. The SMILES string of the molecule is Cl.O=C1CCc2cc(Br)c(S(=O)(=O)NC3CCNCC3)cc2N1. The number of anilines is 1. The van der Waals surface area contributed by atoms with E-state index >= 15 is 0 Å². The van der Waals surface area contributed by atoms with Crippen LogP contribution in [0.5, 0.6) is 0 Å². The first-order chi connectivity index (χ1) is 10.5. The second-order valence-corrected chi connectivity index (χ2v) is 8.17. The second-order valence-electron chi connectivity index (χ2n) is 5.63. The summed E-state index contributed by atoms with van der Waals surface area (Å²) >= 11 is 3.35. The first kappa shape index (κ1) is 18.7. The zero-order valence-electron chi connectivity index (χ0n) is 12.4. The molecule has 9 heteroatoms. The number of amides is 1. The number of piperidine rings is 1. The summed E-state index contributed by atoms with van der Waals surface area (Å²) in [6, 6.07) is 3.27. The van der Waals surface area contributed by atoms with Gasteiger partial charge in [0, 0.05) is 22.6 Å². The van der Waals surface area contributed by atoms with E-state index in [1.807, 2.05) is 0 Å². The number of carbonyl (C=O) groups is 1. The lowest BCUT2D eigenvalue weighted by atomic mass is 10.0. The van der Waals surface area contributed by atoms with Crippen molar-refractivity contribution >= 4 is 50.0 Å². The monoisotopic (exact) mass is 423 g/mol. The summed E-state index contributed by atoms with van der Waals surface area (Å²) in [6.07, 6.45) is 2.61. The fraction of sp³-hybridized carbons (Fsp3) is 0.500. The molecule has 1 saturated heterocycles. The van der Waals surface area contributed by atoms with Crippen LogP contribution >= 0.6 is 28.3 Å². The number of sulfonamides is 1. The van der Waals surface area contributed by atoms with E-state index in [0.717, 1.165) is 31.5 Å². The molecule has 0 radical (unpaired) electrons. The molecule has 0 aromatic heterocycles. The van der Waals surface area contributed by atoms with Gasteiger partial charge in [-0.25, -0.2) is 13.1 Å². The number of benzene rings is 1. The van der Waals surface area contributed by atoms with Crippen molar-refractivity contribution in [1.82, 2.24) is 10.0 Å². The zero-order valence-corrected chi connectivity index (χ0v) is 15.6. The Hall–Kier alpha value is -0.670. The van der Waals surface area contributed by atoms with Gasteiger partial charge in [0.05, 0.1) is 4.90 Å². The summed E-state index contributed by atoms with van der Waals surface area (Å²) in [7, 11) is -3.62. The highest BCUT2D eigenvalue weighted by atomic mass is 79.9. The van der Waals surface area contributed by atoms with Crippen LogP contribution in [0.2, 0.25) is 0 Å². The van der Waals surface area contributed by atoms with Crippen LogP contribution < -0.4 is 15.4 Å². The van der Waals surface area contributed by atoms with Gasteiger partial charge in [-0.15, -0.1) is 12.4 Å². The Bertz CT molecular complexity index is 705. The topological polar surface area (TPSA) is 87.3 Å². The Labute approximate surface area is 150 Å². The Morgan fingerprint density at radius 1 is 1.17 bits per heavy atom. The fourth-order valence-corrected chi connectivity index (χ4v) is 5.23. The summed E-state index contributed by atoms with van der Waals surface area (Å²) in [5.74, 6) is -0.0792. The van der Waals surface area contributed by atoms with Crippen molar-refractivity contribution in [2.75, 3.05) is 18.4 Å². The number of carbonyl (C=O) groups excluding carboxylic acids is 1. The predicted octanol–water partition coefficient (Wildman–Crippen LogP) is 1.79. The van der Waals surface area contributed by atoms with Crippen LogP contribution in [0.25, 0.3) is 0 Å². The van der Waals surface area contributed by atoms with Crippen molar-refractivity contribution < 1.29 is 13.2 Å². The van der Waals surface area contributed by atoms with Crippen LogP contribution in [0.3, 0.4) is 0 Å². The lowest BCUT2D eigenvalue weighted by Crippen LogP contribution is -2.42. The van der Waals surface area contributed by atoms with Crippen molar-refractivity contribution in [2.45, 2.75) is 36.6 Å². The lowest BCUT2D eigenvalue weighted by molar-refractivity contribution is -0.116. The molecule has 0 saturated carbocycles. The Morgan fingerprint density at radius 3 is 2.57 bits per heavy atom. The first-order valence-electron chi connectivity index (χ1n) is 7.31. The van der Waals surface area contributed by atoms with Crippen molar-refractivity contribution in [2.24, 2.45) is 0 Å². The third-order valence-electron chi connectivity index (χ3n) is 4.00. The molecule has 0 bridgehead atoms. The molecule has 2 heterocycles. The number of rotatable bonds is 3. The summed E-state index contributed by atoms with van der Waals surface area (Å²) in [6.45, 7) is 1.63. The highest BCUT2D eigenvalue weighted by Crippen LogP contribution is 2.32. The van der Waals surface area contributed by atoms with E-state index < -0.39 is 10.0 Å². The van der Waals surface area contributed by atoms with Crippen LogP contribution in [0.1, 0.15) is 24.8 Å². The number of hydrogen-bond acceptors (Lipinski definition) is 4. The molecular weight excluding hydrogens is 406 g/mol. The Balaban J connectivity index is 0.00000192. The van der Waals surface area contributed by atoms with Crippen molar-refractivity contribution in [3.63, 3.8) is 0 Å². The highest BCUT2D eigenvalue weighted by Gasteiger charge is 2.26. The van der Waals surface area contributed by atoms with Crippen molar-refractivity contribution in [1.29, 1.82) is 0 Å². The molecule has 3 N–H and O–H groups in total. The maximum absolute atomic E-state index is 12.6. The molecule has 2 aliphatic rings. The molecule has 1 aromatic rings. The minimum atomic E-state index is -3.62. The third-order valence-corrected chi connectivity index (χ3v) is 6.48. The number of hydrogen-bond donors (Lipinski definition) is 3. The number of fused-ring (bicyclic) bond motifs is 1. The molecule has 1 fully saturated rings. The third kappa shape index (κ3) is 4.24. The van der Waals surface area contributed by atoms with Crippen molar-refractivity contribution in [3.8, 4) is 0 Å². The maximum atomic E-state index is 12.6. The van der Waals surface area contributed by atoms with E-state index in [-0.39, 0.29) is 29.3 Å². The van der Waals surface area contributed by atoms with Crippen LogP contribution in [0.15, 0.2) is 21.5 Å². The average molecular weight is 425 g/mol. The van der Waals surface area contributed by atoms with Crippen LogP contribution in [0.4, 0.5) is 5.69 Å². The van der Waals surface area contributed by atoms with E-state index in [0.29, 0.717) is 23.0 Å². The summed E-state index contributed by atoms with van der Waals surface area (Å²) in [5, 5.41) is 5.95. The molecule has 23 heavy (non-hydrogen) atoms. The Morgan fingerprint density at radius 2 is 1.87 bits per heavy atom. The number of nitrogens with one attached hydrogen (secondary N) is 3. The van der Waals surface area contributed by atoms with Gasteiger partial charge >= 0.3 is 0 Å². The fourth-order valence-electron chi connectivity index (χ4n) is 2.81. The molecular formula is C14H19BrClN3O3S. The molecule has 0 unspecified atom stereocenters. The van der Waals surface area contributed by atoms with Gasteiger partial charge < -0.3 is 10.6 Å². The largest absolute Gasteiger partial charge is 0.326 e. The predicted molar refractivity (Wildman–Crippen MR) is 94.6 cm³/mol. The first-order valence-corrected chi connectivity index (χ1v) is 9.58. The normalized spacial score (nSPS) is 18.7. The quantitative estimate of drug-likeness (QED) is 0.690. The molecule has 0 spiro atoms. The highest BCUT2D eigenvalue weighted by molar-refractivity contribution is 9.10. The molecule has 0 aliphatic carbocycles. The van der Waals surface area contributed by atoms with E-state index in [1.54, 1.807) is 12.1 Å². The van der Waals surface area contributed by atoms with Gasteiger partial charge in [-0.05, 0) is 66.0 Å². The average Bonchev–Trinajstić information content (AvgIpc) is 2.47. The summed E-state index contributed by atoms with van der Waals surface area (Å²) < 4.78 is 28.5. The molecule has 128 valence electrons. The maximum Gasteiger partial charge on any atom is 0.242 e. The van der Waals surface area contributed by atoms with E-state index in [1.165, 1.54) is 0 Å². The van der Waals surface area contributed by atoms with Gasteiger partial charge in [0.25, 0.3) is 0 Å². The van der Waals surface area contributed by atoms with Gasteiger partial charge in [0.15, 0.2) is 0 Å². The molecule has 2 aliphatic heterocycles. The van der Waals surface area contributed by atoms with Gasteiger partial charge in [0.1, 0.15) is 0 Å². The van der Waals surface area contributed by atoms with E-state index in [4.69, 9.17) is 0 Å². The molecule has 6 nitrogen and oxygen atoms in total. The van der Waals surface area contributed by atoms with Gasteiger partial charge in [-0.1, -0.05) is 0 Å². The van der Waals surface area contributed by atoms with Gasteiger partial charge in [-0.2, -0.15) is 0 Å². The minimum absolute atomic E-state index is 0. The minimum Gasteiger partial charge on any atom is -0.326 e. The van der Waals surface area contributed by atoms with Crippen LogP contribution in [-0.4, -0.2) is 33.5 Å². The standard InChI is InChI=1S/C14H18BrN3O3S.ClH/c15-11-7-9-1-2-14(19)17-12(9)8-13(11)22(20,21)18-10-3-5-16-6-4-10;/h7-8,10,16,18H,1-6H2,(H,17,19);1H. The van der Waals surface area contributed by atoms with Crippen molar-refractivity contribution in [3.05, 3.63) is 22.2 Å². The second kappa shape index (κ2) is 7.48. The zero-order chi connectivity index (χ0) is 15.7. The smallest absolute Gasteiger partial charge is 0.242 e. The number of aryl methyl sites for hydroxylation is 1. The van der Waals surface area contributed by atoms with E-state index in [9.17, 15) is 13.2 Å². The van der Waals surface area contributed by atoms with E-state index in [2.05, 4.69) is 31.3 Å². The lowest BCUT2D eigenvalue weighted by Gasteiger charge is -2.24. The Kier molecular flexibility index (Phi) is 6.07. The molecule has 3 rings (SSSR count). The molecule has 1 amide bonds.